The Labute approximate surface area is 111 Å². The summed E-state index contributed by atoms with van der Waals surface area (Å²) in [6.45, 7) is 1.36. The standard InChI is InChI=1S/C14H17NO2S/c16-14(17)4-1-7-15-10-11-5-6-13-12(9-11)3-2-8-18-13/h1,4-6,9,15H,2-3,7-8,10H2,(H,16,17)/b4-1+. The van der Waals surface area contributed by atoms with Crippen LogP contribution in [0.2, 0.25) is 0 Å². The lowest BCUT2D eigenvalue weighted by Gasteiger charge is -2.16. The van der Waals surface area contributed by atoms with Crippen molar-refractivity contribution in [1.29, 1.82) is 0 Å². The van der Waals surface area contributed by atoms with Crippen LogP contribution in [0.5, 0.6) is 0 Å². The monoisotopic (exact) mass is 263 g/mol. The van der Waals surface area contributed by atoms with Crippen LogP contribution in [0, 0.1) is 0 Å². The molecule has 0 bridgehead atoms. The Balaban J connectivity index is 1.84. The topological polar surface area (TPSA) is 49.3 Å². The molecular formula is C14H17NO2S. The molecule has 1 aliphatic rings. The van der Waals surface area contributed by atoms with Crippen molar-refractivity contribution in [2.24, 2.45) is 0 Å². The van der Waals surface area contributed by atoms with Gasteiger partial charge in [-0.25, -0.2) is 4.79 Å². The van der Waals surface area contributed by atoms with E-state index < -0.39 is 5.97 Å². The highest BCUT2D eigenvalue weighted by Crippen LogP contribution is 2.30. The van der Waals surface area contributed by atoms with Crippen molar-refractivity contribution >= 4 is 17.7 Å². The number of aryl methyl sites for hydroxylation is 1. The number of fused-ring (bicyclic) bond motifs is 1. The first-order chi connectivity index (χ1) is 8.75. The first-order valence-electron chi connectivity index (χ1n) is 6.10. The molecule has 1 aliphatic heterocycles. The fraction of sp³-hybridized carbons (Fsp3) is 0.357. The van der Waals surface area contributed by atoms with Gasteiger partial charge in [-0.15, -0.1) is 11.8 Å². The summed E-state index contributed by atoms with van der Waals surface area (Å²) >= 11 is 1.94. The summed E-state index contributed by atoms with van der Waals surface area (Å²) in [5.74, 6) is 0.326. The van der Waals surface area contributed by atoms with Gasteiger partial charge in [0.05, 0.1) is 0 Å². The van der Waals surface area contributed by atoms with Gasteiger partial charge in [-0.1, -0.05) is 18.2 Å². The molecule has 2 rings (SSSR count). The lowest BCUT2D eigenvalue weighted by Crippen LogP contribution is -2.13. The second-order valence-electron chi connectivity index (χ2n) is 4.27. The SMILES string of the molecule is O=C(O)/C=C/CNCc1ccc2c(c1)CCCS2. The quantitative estimate of drug-likeness (QED) is 0.633. The van der Waals surface area contributed by atoms with Crippen LogP contribution in [0.4, 0.5) is 0 Å². The summed E-state index contributed by atoms with van der Waals surface area (Å²) in [6.07, 6.45) is 5.22. The molecule has 0 amide bonds. The predicted octanol–water partition coefficient (Wildman–Crippen LogP) is 2.46. The van der Waals surface area contributed by atoms with Crippen LogP contribution in [0.1, 0.15) is 17.5 Å². The van der Waals surface area contributed by atoms with E-state index in [-0.39, 0.29) is 0 Å². The first kappa shape index (κ1) is 13.2. The average Bonchev–Trinajstić information content (AvgIpc) is 2.38. The molecule has 1 aromatic rings. The van der Waals surface area contributed by atoms with Crippen LogP contribution >= 0.6 is 11.8 Å². The highest BCUT2D eigenvalue weighted by molar-refractivity contribution is 7.99. The third-order valence-corrected chi connectivity index (χ3v) is 4.03. The number of thioether (sulfide) groups is 1. The molecule has 0 saturated carbocycles. The molecule has 0 saturated heterocycles. The molecule has 0 fully saturated rings. The second kappa shape index (κ2) is 6.61. The molecule has 96 valence electrons. The summed E-state index contributed by atoms with van der Waals surface area (Å²) in [5, 5.41) is 11.7. The Morgan fingerprint density at radius 3 is 3.22 bits per heavy atom. The van der Waals surface area contributed by atoms with Gasteiger partial charge in [0.2, 0.25) is 0 Å². The van der Waals surface area contributed by atoms with Crippen molar-refractivity contribution in [2.45, 2.75) is 24.3 Å². The van der Waals surface area contributed by atoms with Crippen molar-refractivity contribution in [3.05, 3.63) is 41.5 Å². The van der Waals surface area contributed by atoms with Crippen LogP contribution in [-0.4, -0.2) is 23.4 Å². The number of carbonyl (C=O) groups is 1. The molecule has 18 heavy (non-hydrogen) atoms. The van der Waals surface area contributed by atoms with Crippen molar-refractivity contribution in [2.75, 3.05) is 12.3 Å². The molecule has 3 nitrogen and oxygen atoms in total. The Bertz CT molecular complexity index is 457. The van der Waals surface area contributed by atoms with Gasteiger partial charge in [-0.3, -0.25) is 0 Å². The second-order valence-corrected chi connectivity index (χ2v) is 5.40. The zero-order chi connectivity index (χ0) is 12.8. The number of rotatable bonds is 5. The minimum atomic E-state index is -0.900. The van der Waals surface area contributed by atoms with Crippen molar-refractivity contribution in [3.8, 4) is 0 Å². The number of aliphatic carboxylic acids is 1. The fourth-order valence-corrected chi connectivity index (χ4v) is 3.00. The van der Waals surface area contributed by atoms with Gasteiger partial charge < -0.3 is 10.4 Å². The highest BCUT2D eigenvalue weighted by Gasteiger charge is 2.09. The van der Waals surface area contributed by atoms with Gasteiger partial charge >= 0.3 is 5.97 Å². The molecule has 0 atom stereocenters. The number of carboxylic acid groups (broad SMARTS) is 1. The molecule has 1 heterocycles. The van der Waals surface area contributed by atoms with Crippen LogP contribution < -0.4 is 5.32 Å². The summed E-state index contributed by atoms with van der Waals surface area (Å²) in [7, 11) is 0. The van der Waals surface area contributed by atoms with Crippen molar-refractivity contribution in [1.82, 2.24) is 5.32 Å². The van der Waals surface area contributed by atoms with E-state index >= 15 is 0 Å². The Hall–Kier alpha value is -1.26. The van der Waals surface area contributed by atoms with Crippen molar-refractivity contribution in [3.63, 3.8) is 0 Å². The van der Waals surface area contributed by atoms with E-state index in [4.69, 9.17) is 5.11 Å². The van der Waals surface area contributed by atoms with Gasteiger partial charge in [-0.05, 0) is 35.8 Å². The molecule has 0 spiro atoms. The number of benzene rings is 1. The summed E-state index contributed by atoms with van der Waals surface area (Å²) < 4.78 is 0. The van der Waals surface area contributed by atoms with E-state index in [1.807, 2.05) is 11.8 Å². The zero-order valence-corrected chi connectivity index (χ0v) is 11.0. The average molecular weight is 263 g/mol. The van der Waals surface area contributed by atoms with E-state index in [9.17, 15) is 4.79 Å². The Morgan fingerprint density at radius 2 is 2.39 bits per heavy atom. The largest absolute Gasteiger partial charge is 0.478 e. The molecule has 0 radical (unpaired) electrons. The summed E-state index contributed by atoms with van der Waals surface area (Å²) in [6, 6.07) is 6.60. The minimum absolute atomic E-state index is 0.581. The van der Waals surface area contributed by atoms with Gasteiger partial charge in [0.1, 0.15) is 0 Å². The molecule has 2 N–H and O–H groups in total. The van der Waals surface area contributed by atoms with E-state index in [1.54, 1.807) is 6.08 Å². The molecule has 1 aromatic carbocycles. The van der Waals surface area contributed by atoms with Crippen LogP contribution in [0.15, 0.2) is 35.2 Å². The van der Waals surface area contributed by atoms with Crippen LogP contribution in [0.3, 0.4) is 0 Å². The van der Waals surface area contributed by atoms with Gasteiger partial charge in [0, 0.05) is 24.1 Å². The van der Waals surface area contributed by atoms with Gasteiger partial charge in [0.15, 0.2) is 0 Å². The maximum atomic E-state index is 10.3. The molecule has 0 aromatic heterocycles. The third-order valence-electron chi connectivity index (χ3n) is 2.82. The predicted molar refractivity (Wildman–Crippen MR) is 74.0 cm³/mol. The van der Waals surface area contributed by atoms with E-state index in [0.717, 1.165) is 12.6 Å². The molecule has 4 heteroatoms. The number of carboxylic acids is 1. The highest BCUT2D eigenvalue weighted by atomic mass is 32.2. The smallest absolute Gasteiger partial charge is 0.328 e. The lowest BCUT2D eigenvalue weighted by atomic mass is 10.1. The molecular weight excluding hydrogens is 246 g/mol. The molecule has 0 unspecified atom stereocenters. The lowest BCUT2D eigenvalue weighted by molar-refractivity contribution is -0.131. The van der Waals surface area contributed by atoms with Crippen LogP contribution in [0.25, 0.3) is 0 Å². The van der Waals surface area contributed by atoms with Crippen molar-refractivity contribution < 1.29 is 9.90 Å². The van der Waals surface area contributed by atoms with Gasteiger partial charge in [0.25, 0.3) is 0 Å². The van der Waals surface area contributed by atoms with E-state index in [0.29, 0.717) is 6.54 Å². The molecule has 0 aliphatic carbocycles. The zero-order valence-electron chi connectivity index (χ0n) is 10.2. The normalized spacial score (nSPS) is 14.7. The van der Waals surface area contributed by atoms with E-state index in [2.05, 4.69) is 23.5 Å². The number of hydrogen-bond donors (Lipinski definition) is 2. The summed E-state index contributed by atoms with van der Waals surface area (Å²) in [5.41, 5.74) is 2.71. The van der Waals surface area contributed by atoms with E-state index in [1.165, 1.54) is 34.6 Å². The Morgan fingerprint density at radius 1 is 1.50 bits per heavy atom. The van der Waals surface area contributed by atoms with Gasteiger partial charge in [-0.2, -0.15) is 0 Å². The maximum Gasteiger partial charge on any atom is 0.328 e. The number of hydrogen-bond acceptors (Lipinski definition) is 3. The summed E-state index contributed by atoms with van der Waals surface area (Å²) in [4.78, 5) is 11.7. The first-order valence-corrected chi connectivity index (χ1v) is 7.09. The maximum absolute atomic E-state index is 10.3. The third kappa shape index (κ3) is 3.89. The Kier molecular flexibility index (Phi) is 4.84. The van der Waals surface area contributed by atoms with Crippen LogP contribution in [-0.2, 0) is 17.8 Å². The fourth-order valence-electron chi connectivity index (χ4n) is 1.98. The number of nitrogens with one attached hydrogen (secondary N) is 1. The minimum Gasteiger partial charge on any atom is -0.478 e.